The molecular weight excluding hydrogens is 212 g/mol. The second-order valence-corrected chi connectivity index (χ2v) is 4.35. The quantitative estimate of drug-likeness (QED) is 0.634. The molecule has 0 aromatic heterocycles. The number of benzene rings is 1. The molecule has 0 atom stereocenters. The second-order valence-electron chi connectivity index (χ2n) is 2.93. The Labute approximate surface area is 89.5 Å². The van der Waals surface area contributed by atoms with E-state index in [0.29, 0.717) is 0 Å². The highest BCUT2D eigenvalue weighted by Crippen LogP contribution is 2.12. The molecule has 80 valence electrons. The topological polar surface area (TPSA) is 54.4 Å². The second kappa shape index (κ2) is 4.91. The summed E-state index contributed by atoms with van der Waals surface area (Å²) in [6, 6.07) is 8.94. The molecule has 15 heavy (non-hydrogen) atoms. The van der Waals surface area contributed by atoms with Crippen LogP contribution in [-0.2, 0) is 10.1 Å². The van der Waals surface area contributed by atoms with Gasteiger partial charge in [0.1, 0.15) is 0 Å². The Bertz CT molecular complexity index is 470. The van der Waals surface area contributed by atoms with Crippen LogP contribution in [0.5, 0.6) is 0 Å². The number of rotatable bonds is 3. The fraction of sp³-hybridized carbons (Fsp3) is 0.0909. The fourth-order valence-corrected chi connectivity index (χ4v) is 1.68. The van der Waals surface area contributed by atoms with Crippen molar-refractivity contribution >= 4 is 16.2 Å². The van der Waals surface area contributed by atoms with Crippen molar-refractivity contribution in [2.45, 2.75) is 6.92 Å². The summed E-state index contributed by atoms with van der Waals surface area (Å²) in [7, 11) is -4.15. The molecule has 0 radical (unpaired) electrons. The summed E-state index contributed by atoms with van der Waals surface area (Å²) in [5.41, 5.74) is 0.725. The molecule has 0 bridgehead atoms. The third kappa shape index (κ3) is 3.69. The van der Waals surface area contributed by atoms with E-state index in [1.807, 2.05) is 6.07 Å². The normalized spacial score (nSPS) is 13.3. The standard InChI is InChI=1S/C11H12O3S/c1-2-6-11(15(12,13)14)9-10-7-4-3-5-8-10/h2-9H,1H3,(H,12,13,14)/b6-2-,11-9+. The molecule has 4 heteroatoms. The lowest BCUT2D eigenvalue weighted by Gasteiger charge is -1.98. The molecule has 1 N–H and O–H groups in total. The predicted molar refractivity (Wildman–Crippen MR) is 60.8 cm³/mol. The average molecular weight is 224 g/mol. The molecule has 0 spiro atoms. The van der Waals surface area contributed by atoms with Crippen molar-refractivity contribution in [3.8, 4) is 0 Å². The Kier molecular flexibility index (Phi) is 3.82. The van der Waals surface area contributed by atoms with Crippen molar-refractivity contribution in [3.05, 3.63) is 53.0 Å². The summed E-state index contributed by atoms with van der Waals surface area (Å²) in [5, 5.41) is 0. The van der Waals surface area contributed by atoms with Gasteiger partial charge in [-0.05, 0) is 24.6 Å². The monoisotopic (exact) mass is 224 g/mol. The summed E-state index contributed by atoms with van der Waals surface area (Å²) < 4.78 is 30.8. The molecule has 0 heterocycles. The third-order valence-corrected chi connectivity index (χ3v) is 2.59. The Morgan fingerprint density at radius 1 is 1.27 bits per heavy atom. The maximum atomic E-state index is 11.0. The van der Waals surface area contributed by atoms with Gasteiger partial charge >= 0.3 is 0 Å². The van der Waals surface area contributed by atoms with Crippen LogP contribution in [0.2, 0.25) is 0 Å². The van der Waals surface area contributed by atoms with E-state index in [1.54, 1.807) is 37.3 Å². The van der Waals surface area contributed by atoms with Gasteiger partial charge in [0, 0.05) is 0 Å². The molecule has 0 saturated carbocycles. The smallest absolute Gasteiger partial charge is 0.282 e. The Hall–Kier alpha value is -1.39. The van der Waals surface area contributed by atoms with Gasteiger partial charge in [0.2, 0.25) is 0 Å². The first-order valence-electron chi connectivity index (χ1n) is 4.41. The van der Waals surface area contributed by atoms with Crippen molar-refractivity contribution in [3.63, 3.8) is 0 Å². The zero-order valence-corrected chi connectivity index (χ0v) is 9.11. The maximum Gasteiger partial charge on any atom is 0.294 e. The van der Waals surface area contributed by atoms with Crippen LogP contribution in [0.3, 0.4) is 0 Å². The zero-order valence-electron chi connectivity index (χ0n) is 8.29. The van der Waals surface area contributed by atoms with E-state index in [9.17, 15) is 8.42 Å². The summed E-state index contributed by atoms with van der Waals surface area (Å²) in [4.78, 5) is -0.115. The van der Waals surface area contributed by atoms with Crippen LogP contribution >= 0.6 is 0 Å². The van der Waals surface area contributed by atoms with Gasteiger partial charge in [-0.1, -0.05) is 36.4 Å². The van der Waals surface area contributed by atoms with Crippen LogP contribution in [0, 0.1) is 0 Å². The van der Waals surface area contributed by atoms with Crippen LogP contribution < -0.4 is 0 Å². The van der Waals surface area contributed by atoms with Crippen molar-refractivity contribution in [1.29, 1.82) is 0 Å². The minimum Gasteiger partial charge on any atom is -0.282 e. The van der Waals surface area contributed by atoms with Gasteiger partial charge in [-0.25, -0.2) is 0 Å². The zero-order chi connectivity index (χ0) is 11.3. The first-order chi connectivity index (χ1) is 7.04. The lowest BCUT2D eigenvalue weighted by Crippen LogP contribution is -1.99. The van der Waals surface area contributed by atoms with Gasteiger partial charge in [-0.2, -0.15) is 8.42 Å². The van der Waals surface area contributed by atoms with Gasteiger partial charge in [0.05, 0.1) is 4.91 Å². The van der Waals surface area contributed by atoms with Crippen LogP contribution in [0.4, 0.5) is 0 Å². The van der Waals surface area contributed by atoms with Crippen LogP contribution in [0.15, 0.2) is 47.4 Å². The van der Waals surface area contributed by atoms with Gasteiger partial charge in [-0.3, -0.25) is 4.55 Å². The van der Waals surface area contributed by atoms with Crippen molar-refractivity contribution in [1.82, 2.24) is 0 Å². The number of hydrogen-bond donors (Lipinski definition) is 1. The molecule has 0 aliphatic heterocycles. The molecule has 0 amide bonds. The highest BCUT2D eigenvalue weighted by molar-refractivity contribution is 7.90. The average Bonchev–Trinajstić information content (AvgIpc) is 2.17. The van der Waals surface area contributed by atoms with Gasteiger partial charge < -0.3 is 0 Å². The van der Waals surface area contributed by atoms with Crippen LogP contribution in [0.1, 0.15) is 12.5 Å². The molecule has 0 aliphatic rings. The third-order valence-electron chi connectivity index (χ3n) is 1.74. The molecule has 0 aliphatic carbocycles. The Balaban J connectivity index is 3.17. The number of hydrogen-bond acceptors (Lipinski definition) is 2. The minimum absolute atomic E-state index is 0.115. The largest absolute Gasteiger partial charge is 0.294 e. The lowest BCUT2D eigenvalue weighted by molar-refractivity contribution is 0.492. The summed E-state index contributed by atoms with van der Waals surface area (Å²) >= 11 is 0. The maximum absolute atomic E-state index is 11.0. The van der Waals surface area contributed by atoms with Crippen molar-refractivity contribution in [2.75, 3.05) is 0 Å². The van der Waals surface area contributed by atoms with Crippen molar-refractivity contribution < 1.29 is 13.0 Å². The van der Waals surface area contributed by atoms with Gasteiger partial charge in [0.25, 0.3) is 10.1 Å². The van der Waals surface area contributed by atoms with E-state index in [2.05, 4.69) is 0 Å². The van der Waals surface area contributed by atoms with E-state index in [1.165, 1.54) is 12.2 Å². The van der Waals surface area contributed by atoms with E-state index >= 15 is 0 Å². The first-order valence-corrected chi connectivity index (χ1v) is 5.85. The predicted octanol–water partition coefficient (Wildman–Crippen LogP) is 2.49. The molecule has 1 aromatic rings. The molecule has 0 fully saturated rings. The Morgan fingerprint density at radius 2 is 1.87 bits per heavy atom. The minimum atomic E-state index is -4.15. The van der Waals surface area contributed by atoms with Crippen LogP contribution in [0.25, 0.3) is 6.08 Å². The highest BCUT2D eigenvalue weighted by Gasteiger charge is 2.09. The van der Waals surface area contributed by atoms with Gasteiger partial charge in [-0.15, -0.1) is 0 Å². The van der Waals surface area contributed by atoms with E-state index < -0.39 is 10.1 Å². The van der Waals surface area contributed by atoms with Crippen LogP contribution in [-0.4, -0.2) is 13.0 Å². The Morgan fingerprint density at radius 3 is 2.33 bits per heavy atom. The summed E-state index contributed by atoms with van der Waals surface area (Å²) in [6.07, 6.45) is 4.32. The molecule has 0 saturated heterocycles. The summed E-state index contributed by atoms with van der Waals surface area (Å²) in [5.74, 6) is 0. The lowest BCUT2D eigenvalue weighted by atomic mass is 10.2. The molecular formula is C11H12O3S. The summed E-state index contributed by atoms with van der Waals surface area (Å²) in [6.45, 7) is 1.68. The number of allylic oxidation sites excluding steroid dienone is 2. The SMILES string of the molecule is C/C=C\C(=C/c1ccccc1)S(=O)(=O)O. The highest BCUT2D eigenvalue weighted by atomic mass is 32.2. The van der Waals surface area contributed by atoms with Gasteiger partial charge in [0.15, 0.2) is 0 Å². The van der Waals surface area contributed by atoms with E-state index in [4.69, 9.17) is 4.55 Å². The molecule has 0 unspecified atom stereocenters. The molecule has 1 rings (SSSR count). The molecule has 3 nitrogen and oxygen atoms in total. The van der Waals surface area contributed by atoms with E-state index in [0.717, 1.165) is 5.56 Å². The fourth-order valence-electron chi connectivity index (χ4n) is 1.09. The first kappa shape index (κ1) is 11.7. The van der Waals surface area contributed by atoms with E-state index in [-0.39, 0.29) is 4.91 Å². The molecule has 1 aromatic carbocycles. The van der Waals surface area contributed by atoms with Crippen molar-refractivity contribution in [2.24, 2.45) is 0 Å².